The highest BCUT2D eigenvalue weighted by atomic mass is 79.9. The molecule has 19 heavy (non-hydrogen) atoms. The van der Waals surface area contributed by atoms with E-state index in [1.165, 1.54) is 12.1 Å². The highest BCUT2D eigenvalue weighted by Crippen LogP contribution is 2.16. The van der Waals surface area contributed by atoms with E-state index < -0.39 is 4.92 Å². The topological polar surface area (TPSA) is 43.1 Å². The summed E-state index contributed by atoms with van der Waals surface area (Å²) in [6.07, 6.45) is 0. The fourth-order valence-corrected chi connectivity index (χ4v) is 2.66. The summed E-state index contributed by atoms with van der Waals surface area (Å²) in [7, 11) is 2.09. The first-order valence-electron chi connectivity index (χ1n) is 5.69. The van der Waals surface area contributed by atoms with E-state index in [1.807, 2.05) is 0 Å². The van der Waals surface area contributed by atoms with Crippen LogP contribution in [-0.2, 0) is 6.54 Å². The number of halogens is 3. The molecule has 0 fully saturated rings. The largest absolute Gasteiger partial charge is 1.00 e. The van der Waals surface area contributed by atoms with E-state index in [2.05, 4.69) is 7.05 Å². The van der Waals surface area contributed by atoms with E-state index in [0.29, 0.717) is 11.8 Å². The van der Waals surface area contributed by atoms with Crippen LogP contribution >= 0.6 is 23.2 Å². The molecule has 0 aliphatic rings. The van der Waals surface area contributed by atoms with Crippen molar-refractivity contribution in [3.8, 4) is 0 Å². The van der Waals surface area contributed by atoms with E-state index in [9.17, 15) is 10.1 Å². The van der Waals surface area contributed by atoms with Crippen molar-refractivity contribution in [3.63, 3.8) is 0 Å². The number of hydrogen-bond acceptors (Lipinski definition) is 2. The van der Waals surface area contributed by atoms with Gasteiger partial charge in [0.2, 0.25) is 0 Å². The van der Waals surface area contributed by atoms with E-state index in [1.54, 1.807) is 12.1 Å². The van der Waals surface area contributed by atoms with Crippen LogP contribution in [0.5, 0.6) is 0 Å². The zero-order valence-electron chi connectivity index (χ0n) is 10.7. The van der Waals surface area contributed by atoms with Crippen LogP contribution < -0.4 is 17.0 Å². The summed E-state index contributed by atoms with van der Waals surface area (Å²) in [4.78, 5) is 10.2. The predicted molar refractivity (Wildman–Crippen MR) is 74.2 cm³/mol. The second-order valence-corrected chi connectivity index (χ2v) is 5.28. The van der Waals surface area contributed by atoms with Gasteiger partial charge >= 0.3 is 0 Å². The van der Waals surface area contributed by atoms with Gasteiger partial charge in [0.15, 0.2) is 0 Å². The molecule has 0 saturated carbocycles. The van der Waals surface area contributed by atoms with Crippen molar-refractivity contribution < 1.29 is 26.4 Å². The molecule has 0 unspecified atom stereocenters. The van der Waals surface area contributed by atoms with Crippen LogP contribution in [0, 0.1) is 10.1 Å². The molecule has 0 atom stereocenters. The lowest BCUT2D eigenvalue weighted by atomic mass is 10.1. The van der Waals surface area contributed by atoms with Crippen LogP contribution in [0.25, 0.3) is 0 Å². The molecule has 0 heterocycles. The van der Waals surface area contributed by atoms with Crippen molar-refractivity contribution >= 4 is 28.9 Å². The fraction of sp³-hybridized carbons (Fsp3) is 0.500. The molecule has 0 amide bonds. The fourth-order valence-electron chi connectivity index (χ4n) is 1.84. The Hall–Kier alpha value is -0.360. The van der Waals surface area contributed by atoms with Crippen molar-refractivity contribution in [2.24, 2.45) is 0 Å². The summed E-state index contributed by atoms with van der Waals surface area (Å²) >= 11 is 11.6. The zero-order valence-corrected chi connectivity index (χ0v) is 13.8. The number of non-ortho nitro benzene ring substituents is 1. The third-order valence-electron chi connectivity index (χ3n) is 2.96. The molecule has 0 bridgehead atoms. The SMILES string of the molecule is C[N+](CCCl)(CCCl)Cc1ccc([N+](=O)[O-])cc1.[Br-]. The smallest absolute Gasteiger partial charge is 0.269 e. The van der Waals surface area contributed by atoms with Gasteiger partial charge < -0.3 is 21.5 Å². The Kier molecular flexibility index (Phi) is 8.57. The summed E-state index contributed by atoms with van der Waals surface area (Å²) in [5.74, 6) is 1.14. The van der Waals surface area contributed by atoms with Gasteiger partial charge in [0.1, 0.15) is 6.54 Å². The quantitative estimate of drug-likeness (QED) is 0.293. The Morgan fingerprint density at radius 3 is 2.00 bits per heavy atom. The molecule has 0 spiro atoms. The first-order chi connectivity index (χ1) is 8.50. The molecule has 108 valence electrons. The molecular weight excluding hydrogens is 355 g/mol. The highest BCUT2D eigenvalue weighted by molar-refractivity contribution is 6.18. The van der Waals surface area contributed by atoms with Gasteiger partial charge in [-0.25, -0.2) is 0 Å². The summed E-state index contributed by atoms with van der Waals surface area (Å²) in [5.41, 5.74) is 1.17. The van der Waals surface area contributed by atoms with Crippen LogP contribution in [0.4, 0.5) is 5.69 Å². The zero-order chi connectivity index (χ0) is 13.6. The van der Waals surface area contributed by atoms with Gasteiger partial charge in [-0.2, -0.15) is 0 Å². The molecule has 1 rings (SSSR count). The van der Waals surface area contributed by atoms with Crippen molar-refractivity contribution in [2.75, 3.05) is 31.9 Å². The highest BCUT2D eigenvalue weighted by Gasteiger charge is 2.21. The average Bonchev–Trinajstić information content (AvgIpc) is 2.30. The molecule has 0 aromatic heterocycles. The number of benzene rings is 1. The lowest BCUT2D eigenvalue weighted by Crippen LogP contribution is -3.00. The second kappa shape index (κ2) is 8.74. The number of alkyl halides is 2. The molecule has 0 aliphatic heterocycles. The minimum Gasteiger partial charge on any atom is -1.00 e. The lowest BCUT2D eigenvalue weighted by Gasteiger charge is -2.33. The number of rotatable bonds is 7. The van der Waals surface area contributed by atoms with Crippen molar-refractivity contribution in [2.45, 2.75) is 6.54 Å². The van der Waals surface area contributed by atoms with Crippen LogP contribution in [-0.4, -0.2) is 41.3 Å². The van der Waals surface area contributed by atoms with Gasteiger partial charge in [-0.15, -0.1) is 23.2 Å². The third kappa shape index (κ3) is 6.08. The van der Waals surface area contributed by atoms with Crippen molar-refractivity contribution in [1.29, 1.82) is 0 Å². The average molecular weight is 372 g/mol. The van der Waals surface area contributed by atoms with Gasteiger partial charge in [-0.05, 0) is 12.1 Å². The Morgan fingerprint density at radius 1 is 1.16 bits per heavy atom. The summed E-state index contributed by atoms with van der Waals surface area (Å²) in [5, 5.41) is 10.6. The van der Waals surface area contributed by atoms with E-state index in [4.69, 9.17) is 23.2 Å². The molecular formula is C12H17BrCl2N2O2. The molecule has 0 radical (unpaired) electrons. The van der Waals surface area contributed by atoms with Crippen LogP contribution in [0.3, 0.4) is 0 Å². The van der Waals surface area contributed by atoms with Gasteiger partial charge in [0.05, 0.1) is 36.8 Å². The first-order valence-corrected chi connectivity index (χ1v) is 6.76. The maximum atomic E-state index is 10.6. The van der Waals surface area contributed by atoms with Gasteiger partial charge in [0, 0.05) is 17.7 Å². The summed E-state index contributed by atoms with van der Waals surface area (Å²) < 4.78 is 0.741. The third-order valence-corrected chi connectivity index (χ3v) is 3.30. The first kappa shape index (κ1) is 18.6. The number of nitro benzene ring substituents is 1. The van der Waals surface area contributed by atoms with Gasteiger partial charge in [-0.1, -0.05) is 0 Å². The van der Waals surface area contributed by atoms with E-state index >= 15 is 0 Å². The van der Waals surface area contributed by atoms with Crippen LogP contribution in [0.2, 0.25) is 0 Å². The van der Waals surface area contributed by atoms with Gasteiger partial charge in [-0.3, -0.25) is 10.1 Å². The minimum absolute atomic E-state index is 0. The van der Waals surface area contributed by atoms with Gasteiger partial charge in [0.25, 0.3) is 5.69 Å². The number of quaternary nitrogens is 1. The Balaban J connectivity index is 0.00000324. The molecule has 7 heteroatoms. The molecule has 0 saturated heterocycles. The standard InChI is InChI=1S/C12H17Cl2N2O2.BrH/c1-16(8-6-13,9-7-14)10-11-2-4-12(5-3-11)15(17)18;/h2-5H,6-10H2,1H3;1H/q+1;/p-1. The predicted octanol–water partition coefficient (Wildman–Crippen LogP) is 0.0230. The van der Waals surface area contributed by atoms with Crippen molar-refractivity contribution in [1.82, 2.24) is 0 Å². The molecule has 1 aromatic carbocycles. The maximum absolute atomic E-state index is 10.6. The monoisotopic (exact) mass is 370 g/mol. The summed E-state index contributed by atoms with van der Waals surface area (Å²) in [6, 6.07) is 6.64. The maximum Gasteiger partial charge on any atom is 0.269 e. The normalized spacial score (nSPS) is 10.9. The van der Waals surface area contributed by atoms with E-state index in [0.717, 1.165) is 29.7 Å². The molecule has 0 aliphatic carbocycles. The van der Waals surface area contributed by atoms with Crippen LogP contribution in [0.15, 0.2) is 24.3 Å². The van der Waals surface area contributed by atoms with Crippen LogP contribution in [0.1, 0.15) is 5.56 Å². The number of nitrogens with zero attached hydrogens (tertiary/aromatic N) is 2. The van der Waals surface area contributed by atoms with Crippen molar-refractivity contribution in [3.05, 3.63) is 39.9 Å². The summed E-state index contributed by atoms with van der Waals surface area (Å²) in [6.45, 7) is 2.42. The van der Waals surface area contributed by atoms with E-state index in [-0.39, 0.29) is 22.7 Å². The number of nitro groups is 1. The Bertz CT molecular complexity index is 395. The second-order valence-electron chi connectivity index (χ2n) is 4.53. The Morgan fingerprint density at radius 2 is 1.63 bits per heavy atom. The number of hydrogen-bond donors (Lipinski definition) is 0. The molecule has 4 nitrogen and oxygen atoms in total. The lowest BCUT2D eigenvalue weighted by molar-refractivity contribution is -0.918. The Labute approximate surface area is 133 Å². The minimum atomic E-state index is -0.393. The molecule has 0 N–H and O–H groups in total. The molecule has 1 aromatic rings.